The summed E-state index contributed by atoms with van der Waals surface area (Å²) >= 11 is 1.69. The molecule has 0 saturated carbocycles. The number of aromatic nitrogens is 1. The Hall–Kier alpha value is -1.55. The lowest BCUT2D eigenvalue weighted by Crippen LogP contribution is -2.37. The molecule has 1 aromatic heterocycles. The SMILES string of the molecule is CN=C(NCCc1ccc(OC)c(OC)c1)NCc1ncc(C)s1.I. The molecule has 0 spiro atoms. The molecule has 0 atom stereocenters. The Morgan fingerprint density at radius 2 is 1.96 bits per heavy atom. The zero-order chi connectivity index (χ0) is 17.4. The van der Waals surface area contributed by atoms with E-state index in [-0.39, 0.29) is 24.0 Å². The third kappa shape index (κ3) is 6.69. The van der Waals surface area contributed by atoms with Crippen LogP contribution >= 0.6 is 35.3 Å². The second-order valence-corrected chi connectivity index (χ2v) is 6.48. The maximum Gasteiger partial charge on any atom is 0.191 e. The van der Waals surface area contributed by atoms with Gasteiger partial charge in [0.2, 0.25) is 0 Å². The van der Waals surface area contributed by atoms with Crippen molar-refractivity contribution < 1.29 is 9.47 Å². The Bertz CT molecular complexity index is 691. The van der Waals surface area contributed by atoms with Crippen LogP contribution in [0, 0.1) is 6.92 Å². The van der Waals surface area contributed by atoms with Gasteiger partial charge in [-0.3, -0.25) is 4.99 Å². The minimum absolute atomic E-state index is 0. The van der Waals surface area contributed by atoms with Crippen LogP contribution in [0.4, 0.5) is 0 Å². The molecule has 6 nitrogen and oxygen atoms in total. The number of halogens is 1. The zero-order valence-electron chi connectivity index (χ0n) is 15.0. The minimum Gasteiger partial charge on any atom is -0.493 e. The highest BCUT2D eigenvalue weighted by Gasteiger charge is 2.05. The maximum absolute atomic E-state index is 5.33. The van der Waals surface area contributed by atoms with Crippen molar-refractivity contribution in [1.29, 1.82) is 0 Å². The van der Waals surface area contributed by atoms with Gasteiger partial charge in [0, 0.05) is 24.7 Å². The molecule has 25 heavy (non-hydrogen) atoms. The minimum atomic E-state index is 0. The third-order valence-electron chi connectivity index (χ3n) is 3.45. The van der Waals surface area contributed by atoms with Gasteiger partial charge in [-0.2, -0.15) is 0 Å². The first kappa shape index (κ1) is 21.5. The summed E-state index contributed by atoms with van der Waals surface area (Å²) in [7, 11) is 5.05. The van der Waals surface area contributed by atoms with Crippen LogP contribution in [-0.4, -0.2) is 38.8 Å². The largest absolute Gasteiger partial charge is 0.493 e. The predicted molar refractivity (Wildman–Crippen MR) is 114 cm³/mol. The number of nitrogens with zero attached hydrogens (tertiary/aromatic N) is 2. The lowest BCUT2D eigenvalue weighted by Gasteiger charge is -2.12. The fourth-order valence-corrected chi connectivity index (χ4v) is 2.95. The molecule has 2 rings (SSSR count). The number of thiazole rings is 1. The van der Waals surface area contributed by atoms with Gasteiger partial charge in [0.25, 0.3) is 0 Å². The normalized spacial score (nSPS) is 10.8. The smallest absolute Gasteiger partial charge is 0.191 e. The summed E-state index contributed by atoms with van der Waals surface area (Å²) in [4.78, 5) is 9.77. The summed E-state index contributed by atoms with van der Waals surface area (Å²) in [6, 6.07) is 5.96. The van der Waals surface area contributed by atoms with Crippen LogP contribution in [0.3, 0.4) is 0 Å². The number of hydrogen-bond donors (Lipinski definition) is 2. The Kier molecular flexibility index (Phi) is 9.58. The van der Waals surface area contributed by atoms with Gasteiger partial charge in [0.1, 0.15) is 5.01 Å². The van der Waals surface area contributed by atoms with E-state index < -0.39 is 0 Å². The molecular formula is C17H25IN4O2S. The molecule has 0 amide bonds. The third-order valence-corrected chi connectivity index (χ3v) is 4.37. The number of methoxy groups -OCH3 is 2. The fourth-order valence-electron chi connectivity index (χ4n) is 2.22. The van der Waals surface area contributed by atoms with E-state index in [1.54, 1.807) is 32.6 Å². The quantitative estimate of drug-likeness (QED) is 0.366. The monoisotopic (exact) mass is 476 g/mol. The number of nitrogens with one attached hydrogen (secondary N) is 2. The lowest BCUT2D eigenvalue weighted by molar-refractivity contribution is 0.354. The van der Waals surface area contributed by atoms with Crippen LogP contribution in [0.5, 0.6) is 11.5 Å². The van der Waals surface area contributed by atoms with Crippen molar-refractivity contribution in [3.05, 3.63) is 39.8 Å². The van der Waals surface area contributed by atoms with Crippen LogP contribution in [0.1, 0.15) is 15.4 Å². The number of aryl methyl sites for hydroxylation is 1. The molecule has 0 unspecified atom stereocenters. The first-order valence-corrected chi connectivity index (χ1v) is 8.54. The van der Waals surface area contributed by atoms with Crippen molar-refractivity contribution >= 4 is 41.3 Å². The highest BCUT2D eigenvalue weighted by atomic mass is 127. The van der Waals surface area contributed by atoms with Gasteiger partial charge in [-0.05, 0) is 31.0 Å². The molecule has 1 heterocycles. The van der Waals surface area contributed by atoms with E-state index >= 15 is 0 Å². The van der Waals surface area contributed by atoms with Crippen LogP contribution in [0.15, 0.2) is 29.4 Å². The molecule has 0 aliphatic heterocycles. The standard InChI is InChI=1S/C17H24N4O2S.HI/c1-12-10-20-16(24-12)11-21-17(18-2)19-8-7-13-5-6-14(22-3)15(9-13)23-4;/h5-6,9-10H,7-8,11H2,1-4H3,(H2,18,19,21);1H. The second kappa shape index (κ2) is 11.1. The van der Waals surface area contributed by atoms with E-state index in [2.05, 4.69) is 27.5 Å². The van der Waals surface area contributed by atoms with Gasteiger partial charge in [-0.15, -0.1) is 35.3 Å². The van der Waals surface area contributed by atoms with Gasteiger partial charge >= 0.3 is 0 Å². The van der Waals surface area contributed by atoms with Crippen molar-refractivity contribution in [2.24, 2.45) is 4.99 Å². The van der Waals surface area contributed by atoms with E-state index in [4.69, 9.17) is 9.47 Å². The zero-order valence-corrected chi connectivity index (χ0v) is 18.1. The molecule has 0 radical (unpaired) electrons. The molecule has 0 aliphatic rings. The second-order valence-electron chi connectivity index (χ2n) is 5.16. The molecule has 2 aromatic rings. The van der Waals surface area contributed by atoms with Crippen molar-refractivity contribution in [1.82, 2.24) is 15.6 Å². The number of guanidine groups is 1. The first-order chi connectivity index (χ1) is 11.7. The summed E-state index contributed by atoms with van der Waals surface area (Å²) in [5.41, 5.74) is 1.17. The van der Waals surface area contributed by atoms with Gasteiger partial charge in [-0.1, -0.05) is 6.07 Å². The van der Waals surface area contributed by atoms with Gasteiger partial charge < -0.3 is 20.1 Å². The maximum atomic E-state index is 5.33. The molecule has 8 heteroatoms. The van der Waals surface area contributed by atoms with Gasteiger partial charge in [0.15, 0.2) is 17.5 Å². The Labute approximate surface area is 170 Å². The molecule has 138 valence electrons. The Morgan fingerprint density at radius 1 is 1.20 bits per heavy atom. The van der Waals surface area contributed by atoms with E-state index in [9.17, 15) is 0 Å². The van der Waals surface area contributed by atoms with E-state index in [0.29, 0.717) is 6.54 Å². The number of ether oxygens (including phenoxy) is 2. The highest BCUT2D eigenvalue weighted by Crippen LogP contribution is 2.27. The first-order valence-electron chi connectivity index (χ1n) is 7.73. The molecular weight excluding hydrogens is 451 g/mol. The Morgan fingerprint density at radius 3 is 2.56 bits per heavy atom. The summed E-state index contributed by atoms with van der Waals surface area (Å²) < 4.78 is 10.6. The van der Waals surface area contributed by atoms with Crippen LogP contribution in [-0.2, 0) is 13.0 Å². The summed E-state index contributed by atoms with van der Waals surface area (Å²) in [5, 5.41) is 7.62. The number of hydrogen-bond acceptors (Lipinski definition) is 5. The highest BCUT2D eigenvalue weighted by molar-refractivity contribution is 14.0. The average Bonchev–Trinajstić information content (AvgIpc) is 3.03. The van der Waals surface area contributed by atoms with Crippen molar-refractivity contribution in [3.63, 3.8) is 0 Å². The van der Waals surface area contributed by atoms with Crippen molar-refractivity contribution in [2.75, 3.05) is 27.8 Å². The van der Waals surface area contributed by atoms with Crippen molar-refractivity contribution in [2.45, 2.75) is 19.9 Å². The summed E-state index contributed by atoms with van der Waals surface area (Å²) in [6.45, 7) is 3.50. The fraction of sp³-hybridized carbons (Fsp3) is 0.412. The van der Waals surface area contributed by atoms with Crippen LogP contribution in [0.25, 0.3) is 0 Å². The molecule has 0 aliphatic carbocycles. The van der Waals surface area contributed by atoms with Crippen LogP contribution < -0.4 is 20.1 Å². The molecule has 1 aromatic carbocycles. The molecule has 0 saturated heterocycles. The molecule has 0 bridgehead atoms. The van der Waals surface area contributed by atoms with E-state index in [0.717, 1.165) is 35.4 Å². The topological polar surface area (TPSA) is 67.8 Å². The van der Waals surface area contributed by atoms with E-state index in [1.807, 2.05) is 24.4 Å². The van der Waals surface area contributed by atoms with E-state index in [1.165, 1.54) is 10.4 Å². The summed E-state index contributed by atoms with van der Waals surface area (Å²) in [5.74, 6) is 2.26. The summed E-state index contributed by atoms with van der Waals surface area (Å²) in [6.07, 6.45) is 2.74. The average molecular weight is 476 g/mol. The lowest BCUT2D eigenvalue weighted by atomic mass is 10.1. The van der Waals surface area contributed by atoms with Crippen LogP contribution in [0.2, 0.25) is 0 Å². The van der Waals surface area contributed by atoms with Crippen molar-refractivity contribution in [3.8, 4) is 11.5 Å². The van der Waals surface area contributed by atoms with Gasteiger partial charge in [0.05, 0.1) is 20.8 Å². The molecule has 2 N–H and O–H groups in total. The number of benzene rings is 1. The molecule has 0 fully saturated rings. The predicted octanol–water partition coefficient (Wildman–Crippen LogP) is 2.99. The number of aliphatic imine (C=N–C) groups is 1. The van der Waals surface area contributed by atoms with Gasteiger partial charge in [-0.25, -0.2) is 4.98 Å². The number of rotatable bonds is 7. The Balaban J connectivity index is 0.00000312.